The Hall–Kier alpha value is -5.06. The smallest absolute Gasteiger partial charge is 0.414 e. The van der Waals surface area contributed by atoms with Crippen molar-refractivity contribution in [2.75, 3.05) is 25.0 Å². The van der Waals surface area contributed by atoms with Crippen LogP contribution < -0.4 is 14.8 Å². The summed E-state index contributed by atoms with van der Waals surface area (Å²) in [6, 6.07) is 25.7. The van der Waals surface area contributed by atoms with Crippen LogP contribution in [0.1, 0.15) is 38.4 Å². The zero-order chi connectivity index (χ0) is 31.3. The highest BCUT2D eigenvalue weighted by atomic mass is 16.5. The van der Waals surface area contributed by atoms with E-state index in [0.29, 0.717) is 19.1 Å². The van der Waals surface area contributed by atoms with Crippen molar-refractivity contribution in [1.82, 2.24) is 14.5 Å². The average molecular weight is 603 g/mol. The Morgan fingerprint density at radius 1 is 0.864 bits per heavy atom. The molecule has 1 saturated heterocycles. The summed E-state index contributed by atoms with van der Waals surface area (Å²) in [7, 11) is 0. The van der Waals surface area contributed by atoms with Gasteiger partial charge in [0.1, 0.15) is 23.9 Å². The van der Waals surface area contributed by atoms with Crippen LogP contribution in [0, 0.1) is 5.92 Å². The molecule has 44 heavy (non-hydrogen) atoms. The number of aromatic nitrogens is 2. The molecule has 3 N–H and O–H groups in total. The number of hydrogen-bond donors (Lipinski definition) is 3. The minimum atomic E-state index is -1.82. The number of carboxylic acids is 2. The van der Waals surface area contributed by atoms with Gasteiger partial charge in [0.15, 0.2) is 0 Å². The summed E-state index contributed by atoms with van der Waals surface area (Å²) in [6.07, 6.45) is 4.04. The molecule has 0 unspecified atom stereocenters. The van der Waals surface area contributed by atoms with Crippen LogP contribution in [0.3, 0.4) is 0 Å². The van der Waals surface area contributed by atoms with Crippen molar-refractivity contribution in [2.45, 2.75) is 45.8 Å². The van der Waals surface area contributed by atoms with Crippen LogP contribution in [0.15, 0.2) is 78.9 Å². The Kier molecular flexibility index (Phi) is 11.6. The number of hydrogen-bond acceptors (Lipinski definition) is 6. The molecule has 0 bridgehead atoms. The Morgan fingerprint density at radius 2 is 1.50 bits per heavy atom. The predicted octanol–water partition coefficient (Wildman–Crippen LogP) is 5.89. The average Bonchev–Trinajstić information content (AvgIpc) is 3.39. The first-order valence-corrected chi connectivity index (χ1v) is 14.7. The molecule has 5 rings (SSSR count). The molecule has 11 heteroatoms. The number of urea groups is 1. The first-order valence-electron chi connectivity index (χ1n) is 14.7. The molecule has 1 fully saturated rings. The monoisotopic (exact) mass is 602 g/mol. The SMILES string of the molecule is CCCCOc1ccc(NC(=O)N2CCC(Cn3c(COc4ccccc4)nc4ccccc43)CC2)cc1.O=C(O)C(=O)O. The van der Waals surface area contributed by atoms with Gasteiger partial charge < -0.3 is 34.5 Å². The van der Waals surface area contributed by atoms with E-state index in [9.17, 15) is 4.79 Å². The predicted molar refractivity (Wildman–Crippen MR) is 166 cm³/mol. The Balaban J connectivity index is 0.000000670. The number of benzene rings is 3. The molecule has 2 heterocycles. The lowest BCUT2D eigenvalue weighted by Gasteiger charge is -2.32. The van der Waals surface area contributed by atoms with Gasteiger partial charge in [0.25, 0.3) is 0 Å². The van der Waals surface area contributed by atoms with Crippen molar-refractivity contribution in [3.05, 3.63) is 84.7 Å². The molecule has 1 aliphatic rings. The van der Waals surface area contributed by atoms with Gasteiger partial charge in [0.2, 0.25) is 0 Å². The summed E-state index contributed by atoms with van der Waals surface area (Å²) < 4.78 is 14.0. The molecule has 0 spiro atoms. The number of anilines is 1. The van der Waals surface area contributed by atoms with Crippen LogP contribution in [0.2, 0.25) is 0 Å². The number of nitrogens with one attached hydrogen (secondary N) is 1. The maximum atomic E-state index is 12.9. The van der Waals surface area contributed by atoms with Gasteiger partial charge in [-0.15, -0.1) is 0 Å². The van der Waals surface area contributed by atoms with Gasteiger partial charge in [-0.3, -0.25) is 0 Å². The quantitative estimate of drug-likeness (QED) is 0.151. The van der Waals surface area contributed by atoms with E-state index in [2.05, 4.69) is 35.0 Å². The second-order valence-electron chi connectivity index (χ2n) is 10.4. The standard InChI is InChI=1S/C31H36N4O3.C2H2O4/c1-2-3-21-37-27-15-13-25(14-16-27)32-31(36)34-19-17-24(18-20-34)22-35-29-12-8-7-11-28(29)33-30(35)23-38-26-9-5-4-6-10-26;3-1(4)2(5)6/h4-16,24H,2-3,17-23H2,1H3,(H,32,36);(H,3,4)(H,5,6). The number of piperidine rings is 1. The van der Waals surface area contributed by atoms with Gasteiger partial charge in [-0.05, 0) is 73.7 Å². The van der Waals surface area contributed by atoms with Gasteiger partial charge in [0.05, 0.1) is 17.6 Å². The molecule has 0 saturated carbocycles. The molecule has 2 amide bonds. The number of unbranched alkanes of at least 4 members (excludes halogenated alkanes) is 1. The largest absolute Gasteiger partial charge is 0.494 e. The van der Waals surface area contributed by atoms with Crippen LogP contribution in [-0.4, -0.2) is 62.3 Å². The van der Waals surface area contributed by atoms with Gasteiger partial charge in [-0.1, -0.05) is 43.7 Å². The third kappa shape index (κ3) is 9.22. The number of carbonyl (C=O) groups is 3. The van der Waals surface area contributed by atoms with Gasteiger partial charge in [-0.2, -0.15) is 0 Å². The van der Waals surface area contributed by atoms with Crippen LogP contribution in [0.4, 0.5) is 10.5 Å². The fourth-order valence-electron chi connectivity index (χ4n) is 4.85. The first kappa shape index (κ1) is 31.9. The number of carbonyl (C=O) groups excluding carboxylic acids is 1. The van der Waals surface area contributed by atoms with Gasteiger partial charge in [-0.25, -0.2) is 19.4 Å². The fourth-order valence-corrected chi connectivity index (χ4v) is 4.85. The maximum Gasteiger partial charge on any atom is 0.414 e. The van der Waals surface area contributed by atoms with E-state index in [0.717, 1.165) is 79.4 Å². The molecule has 232 valence electrons. The molecule has 11 nitrogen and oxygen atoms in total. The van der Waals surface area contributed by atoms with Crippen molar-refractivity contribution >= 4 is 34.7 Å². The van der Waals surface area contributed by atoms with Crippen molar-refractivity contribution in [3.8, 4) is 11.5 Å². The molecular weight excluding hydrogens is 564 g/mol. The van der Waals surface area contributed by atoms with Crippen LogP contribution in [-0.2, 0) is 22.7 Å². The zero-order valence-electron chi connectivity index (χ0n) is 24.7. The number of imidazole rings is 1. The van der Waals surface area contributed by atoms with Crippen LogP contribution in [0.25, 0.3) is 11.0 Å². The third-order valence-corrected chi connectivity index (χ3v) is 7.24. The Bertz CT molecular complexity index is 1500. The van der Waals surface area contributed by atoms with Crippen molar-refractivity contribution < 1.29 is 34.1 Å². The van der Waals surface area contributed by atoms with E-state index in [4.69, 9.17) is 34.3 Å². The Morgan fingerprint density at radius 3 is 2.16 bits per heavy atom. The number of fused-ring (bicyclic) bond motifs is 1. The summed E-state index contributed by atoms with van der Waals surface area (Å²) in [5.74, 6) is -0.587. The van der Waals surface area contributed by atoms with E-state index >= 15 is 0 Å². The fraction of sp³-hybridized carbons (Fsp3) is 0.333. The van der Waals surface area contributed by atoms with Crippen molar-refractivity contribution in [1.29, 1.82) is 0 Å². The number of likely N-dealkylation sites (tertiary alicyclic amines) is 1. The highest BCUT2D eigenvalue weighted by molar-refractivity contribution is 6.27. The third-order valence-electron chi connectivity index (χ3n) is 7.24. The number of para-hydroxylation sites is 3. The van der Waals surface area contributed by atoms with Crippen molar-refractivity contribution in [2.24, 2.45) is 5.92 Å². The summed E-state index contributed by atoms with van der Waals surface area (Å²) in [5.41, 5.74) is 2.90. The first-order chi connectivity index (χ1) is 21.3. The van der Waals surface area contributed by atoms with Crippen molar-refractivity contribution in [3.63, 3.8) is 0 Å². The highest BCUT2D eigenvalue weighted by Gasteiger charge is 2.25. The molecule has 1 aliphatic heterocycles. The highest BCUT2D eigenvalue weighted by Crippen LogP contribution is 2.25. The van der Waals surface area contributed by atoms with Gasteiger partial charge in [0, 0.05) is 25.3 Å². The van der Waals surface area contributed by atoms with E-state index in [1.165, 1.54) is 0 Å². The molecule has 0 aliphatic carbocycles. The molecule has 4 aromatic rings. The van der Waals surface area contributed by atoms with Crippen LogP contribution >= 0.6 is 0 Å². The lowest BCUT2D eigenvalue weighted by molar-refractivity contribution is -0.159. The number of nitrogens with zero attached hydrogens (tertiary/aromatic N) is 3. The molecular formula is C33H38N4O7. The second kappa shape index (κ2) is 16.0. The maximum absolute atomic E-state index is 12.9. The lowest BCUT2D eigenvalue weighted by atomic mass is 9.96. The minimum absolute atomic E-state index is 0.0480. The summed E-state index contributed by atoms with van der Waals surface area (Å²) in [5, 5.41) is 17.8. The summed E-state index contributed by atoms with van der Waals surface area (Å²) in [6.45, 7) is 5.61. The molecule has 0 atom stereocenters. The van der Waals surface area contributed by atoms with E-state index in [-0.39, 0.29) is 6.03 Å². The molecule has 1 aromatic heterocycles. The number of amides is 2. The Labute approximate surface area is 256 Å². The minimum Gasteiger partial charge on any atom is -0.494 e. The normalized spacial score (nSPS) is 13.1. The summed E-state index contributed by atoms with van der Waals surface area (Å²) in [4.78, 5) is 37.9. The number of carboxylic acid groups (broad SMARTS) is 2. The molecule has 3 aromatic carbocycles. The van der Waals surface area contributed by atoms with E-state index in [1.54, 1.807) is 0 Å². The van der Waals surface area contributed by atoms with Crippen LogP contribution in [0.5, 0.6) is 11.5 Å². The van der Waals surface area contributed by atoms with E-state index in [1.807, 2.05) is 65.6 Å². The topological polar surface area (TPSA) is 143 Å². The lowest BCUT2D eigenvalue weighted by Crippen LogP contribution is -2.41. The second-order valence-corrected chi connectivity index (χ2v) is 10.4. The van der Waals surface area contributed by atoms with Gasteiger partial charge >= 0.3 is 18.0 Å². The number of rotatable bonds is 10. The number of ether oxygens (including phenoxy) is 2. The number of aliphatic carboxylic acids is 2. The molecule has 0 radical (unpaired) electrons. The summed E-state index contributed by atoms with van der Waals surface area (Å²) >= 11 is 0. The zero-order valence-corrected chi connectivity index (χ0v) is 24.7. The van der Waals surface area contributed by atoms with E-state index < -0.39 is 11.9 Å².